The lowest BCUT2D eigenvalue weighted by atomic mass is 10.2. The van der Waals surface area contributed by atoms with Gasteiger partial charge in [0.05, 0.1) is 6.54 Å². The van der Waals surface area contributed by atoms with Crippen molar-refractivity contribution in [2.75, 3.05) is 6.54 Å². The Balaban J connectivity index is 2.84. The molecule has 0 aromatic heterocycles. The molecule has 1 N–H and O–H groups in total. The van der Waals surface area contributed by atoms with Crippen molar-refractivity contribution in [3.05, 3.63) is 12.4 Å². The first-order chi connectivity index (χ1) is 11.9. The fourth-order valence-electron chi connectivity index (χ4n) is 1.56. The van der Waals surface area contributed by atoms with Gasteiger partial charge in [0.15, 0.2) is 17.4 Å². The van der Waals surface area contributed by atoms with Crippen molar-refractivity contribution in [2.24, 2.45) is 0 Å². The van der Waals surface area contributed by atoms with E-state index in [1.807, 2.05) is 0 Å². The number of carbonyl (C=O) groups is 2. The van der Waals surface area contributed by atoms with Gasteiger partial charge in [0, 0.05) is 12.4 Å². The number of ether oxygens (including phenoxy) is 2. The van der Waals surface area contributed by atoms with Gasteiger partial charge in [-0.1, -0.05) is 69.6 Å². The van der Waals surface area contributed by atoms with Crippen LogP contribution in [0.15, 0.2) is 12.4 Å². The van der Waals surface area contributed by atoms with Gasteiger partial charge in [-0.05, 0) is 27.7 Å². The van der Waals surface area contributed by atoms with E-state index in [9.17, 15) is 14.7 Å². The summed E-state index contributed by atoms with van der Waals surface area (Å²) >= 11 is 34.6. The van der Waals surface area contributed by atoms with Crippen LogP contribution in [-0.2, 0) is 9.47 Å². The largest absolute Gasteiger partial charge is 0.439 e. The molecule has 0 aromatic rings. The minimum Gasteiger partial charge on any atom is -0.439 e. The molecule has 1 heterocycles. The number of nitrogens with zero attached hydrogens (tertiary/aromatic N) is 2. The Morgan fingerprint density at radius 2 is 1.30 bits per heavy atom. The first kappa shape index (κ1) is 25.0. The topological polar surface area (TPSA) is 79.3 Å². The molecule has 1 aliphatic rings. The molecule has 1 atom stereocenters. The highest BCUT2D eigenvalue weighted by molar-refractivity contribution is 6.68. The predicted molar refractivity (Wildman–Crippen MR) is 105 cm³/mol. The van der Waals surface area contributed by atoms with Crippen LogP contribution in [0.3, 0.4) is 0 Å². The number of β-amino-alcohol motifs (C(OH)–C–C–N with tert-alkyl or cyclic N) is 1. The van der Waals surface area contributed by atoms with Crippen molar-refractivity contribution < 1.29 is 24.2 Å². The zero-order valence-corrected chi connectivity index (χ0v) is 19.2. The van der Waals surface area contributed by atoms with Crippen LogP contribution in [-0.4, -0.2) is 58.7 Å². The average molecular weight is 507 g/mol. The lowest BCUT2D eigenvalue weighted by molar-refractivity contribution is -0.0366. The summed E-state index contributed by atoms with van der Waals surface area (Å²) in [6, 6.07) is 0. The first-order valence-corrected chi connectivity index (χ1v) is 9.66. The van der Waals surface area contributed by atoms with E-state index in [-0.39, 0.29) is 6.54 Å². The van der Waals surface area contributed by atoms with Crippen LogP contribution in [0, 0.1) is 0 Å². The second kappa shape index (κ2) is 8.38. The van der Waals surface area contributed by atoms with Gasteiger partial charge in [-0.15, -0.1) is 0 Å². The molecular formula is C14H18Cl6N2O5. The summed E-state index contributed by atoms with van der Waals surface area (Å²) < 4.78 is 6.51. The van der Waals surface area contributed by atoms with Gasteiger partial charge in [0.25, 0.3) is 0 Å². The van der Waals surface area contributed by atoms with Gasteiger partial charge in [-0.3, -0.25) is 9.80 Å². The molecule has 2 amide bonds. The maximum absolute atomic E-state index is 12.2. The van der Waals surface area contributed by atoms with E-state index in [1.165, 1.54) is 33.9 Å². The summed E-state index contributed by atoms with van der Waals surface area (Å²) in [7, 11) is 0. The first-order valence-electron chi connectivity index (χ1n) is 7.40. The van der Waals surface area contributed by atoms with Gasteiger partial charge in [-0.2, -0.15) is 0 Å². The number of rotatable bonds is 2. The number of aliphatic hydroxyl groups is 1. The van der Waals surface area contributed by atoms with Gasteiger partial charge < -0.3 is 14.6 Å². The third kappa shape index (κ3) is 6.23. The highest BCUT2D eigenvalue weighted by atomic mass is 35.6. The Morgan fingerprint density at radius 3 is 1.67 bits per heavy atom. The molecular weight excluding hydrogens is 489 g/mol. The van der Waals surface area contributed by atoms with Crippen LogP contribution >= 0.6 is 69.6 Å². The van der Waals surface area contributed by atoms with E-state index in [2.05, 4.69) is 0 Å². The normalized spacial score (nSPS) is 19.1. The van der Waals surface area contributed by atoms with Crippen molar-refractivity contribution >= 4 is 81.8 Å². The smallest absolute Gasteiger partial charge is 0.416 e. The second-order valence-corrected chi connectivity index (χ2v) is 11.2. The zero-order chi connectivity index (χ0) is 21.4. The quantitative estimate of drug-likeness (QED) is 0.535. The van der Waals surface area contributed by atoms with E-state index in [0.29, 0.717) is 0 Å². The maximum Gasteiger partial charge on any atom is 0.416 e. The number of halogens is 6. The molecule has 1 unspecified atom stereocenters. The molecule has 7 nitrogen and oxygen atoms in total. The van der Waals surface area contributed by atoms with Crippen LogP contribution in [0.25, 0.3) is 0 Å². The van der Waals surface area contributed by atoms with Gasteiger partial charge in [0.2, 0.25) is 7.59 Å². The SMILES string of the molecule is CC(C)(OC(=O)N1C=CN(C(=O)OC(C)(C)C(Cl)(Cl)Cl)C(O)C1)C(Cl)(Cl)Cl. The molecule has 0 aliphatic carbocycles. The molecule has 0 radical (unpaired) electrons. The number of carbonyl (C=O) groups excluding carboxylic acids is 2. The zero-order valence-electron chi connectivity index (χ0n) is 14.7. The van der Waals surface area contributed by atoms with Crippen molar-refractivity contribution in [3.8, 4) is 0 Å². The predicted octanol–water partition coefficient (Wildman–Crippen LogP) is 4.96. The molecule has 1 rings (SSSR count). The number of hydrogen-bond acceptors (Lipinski definition) is 5. The summed E-state index contributed by atoms with van der Waals surface area (Å²) in [6.45, 7) is 5.27. The minimum atomic E-state index is -1.90. The molecule has 0 aromatic carbocycles. The summed E-state index contributed by atoms with van der Waals surface area (Å²) in [6.07, 6.45) is -1.03. The number of alkyl halides is 6. The van der Waals surface area contributed by atoms with Crippen LogP contribution in [0.1, 0.15) is 27.7 Å². The molecule has 0 spiro atoms. The summed E-state index contributed by atoms with van der Waals surface area (Å²) in [5, 5.41) is 10.2. The fraction of sp³-hybridized carbons (Fsp3) is 0.714. The standard InChI is InChI=1S/C14H18Cl6N2O5/c1-11(2,13(15,16)17)26-9(24)21-5-6-22(8(23)7-21)10(25)27-12(3,4)14(18,19)20/h5-6,8,23H,7H2,1-4H3. The molecule has 27 heavy (non-hydrogen) atoms. The number of hydrogen-bond donors (Lipinski definition) is 1. The monoisotopic (exact) mass is 504 g/mol. The highest BCUT2D eigenvalue weighted by Crippen LogP contribution is 2.41. The number of aliphatic hydroxyl groups excluding tert-OH is 1. The van der Waals surface area contributed by atoms with Crippen LogP contribution in [0.4, 0.5) is 9.59 Å². The highest BCUT2D eigenvalue weighted by Gasteiger charge is 2.47. The Hall–Kier alpha value is -0.0200. The Labute approximate surface area is 186 Å². The van der Waals surface area contributed by atoms with Crippen molar-refractivity contribution in [2.45, 2.75) is 52.7 Å². The van der Waals surface area contributed by atoms with Crippen LogP contribution in [0.2, 0.25) is 0 Å². The average Bonchev–Trinajstić information content (AvgIpc) is 2.43. The van der Waals surface area contributed by atoms with Crippen LogP contribution < -0.4 is 0 Å². The molecule has 0 saturated carbocycles. The lowest BCUT2D eigenvalue weighted by Crippen LogP contribution is -2.52. The van der Waals surface area contributed by atoms with E-state index in [1.54, 1.807) is 0 Å². The Kier molecular flexibility index (Phi) is 7.77. The van der Waals surface area contributed by atoms with E-state index in [0.717, 1.165) is 16.0 Å². The minimum absolute atomic E-state index is 0.325. The van der Waals surface area contributed by atoms with Crippen LogP contribution in [0.5, 0.6) is 0 Å². The van der Waals surface area contributed by atoms with Crippen molar-refractivity contribution in [1.82, 2.24) is 9.80 Å². The van der Waals surface area contributed by atoms with E-state index in [4.69, 9.17) is 79.1 Å². The summed E-state index contributed by atoms with van der Waals surface area (Å²) in [5.41, 5.74) is -2.93. The molecule has 156 valence electrons. The summed E-state index contributed by atoms with van der Waals surface area (Å²) in [4.78, 5) is 26.3. The van der Waals surface area contributed by atoms with Gasteiger partial charge in [0.1, 0.15) is 0 Å². The number of amides is 2. The van der Waals surface area contributed by atoms with E-state index >= 15 is 0 Å². The van der Waals surface area contributed by atoms with Gasteiger partial charge in [-0.25, -0.2) is 9.59 Å². The van der Waals surface area contributed by atoms with Crippen molar-refractivity contribution in [3.63, 3.8) is 0 Å². The summed E-state index contributed by atoms with van der Waals surface area (Å²) in [5.74, 6) is 0. The molecule has 0 bridgehead atoms. The van der Waals surface area contributed by atoms with Crippen molar-refractivity contribution in [1.29, 1.82) is 0 Å². The molecule has 13 heteroatoms. The molecule has 0 fully saturated rings. The van der Waals surface area contributed by atoms with E-state index < -0.39 is 37.2 Å². The van der Waals surface area contributed by atoms with Gasteiger partial charge >= 0.3 is 12.2 Å². The lowest BCUT2D eigenvalue weighted by Gasteiger charge is -2.38. The molecule has 1 aliphatic heterocycles. The fourth-order valence-corrected chi connectivity index (χ4v) is 1.79. The maximum atomic E-state index is 12.2. The third-order valence-corrected chi connectivity index (χ3v) is 6.31. The Bertz CT molecular complexity index is 614. The second-order valence-electron chi connectivity index (χ2n) is 6.59. The third-order valence-electron chi connectivity index (χ3n) is 3.58. The molecule has 0 saturated heterocycles. The Morgan fingerprint density at radius 1 is 0.889 bits per heavy atom.